The van der Waals surface area contributed by atoms with Gasteiger partial charge in [-0.05, 0) is 32.4 Å². The number of aliphatic hydroxyl groups is 1. The molecule has 1 N–H and O–H groups in total. The largest absolute Gasteiger partial charge is 1.00 e. The first-order valence-corrected chi connectivity index (χ1v) is 8.76. The molecule has 0 aliphatic carbocycles. The zero-order chi connectivity index (χ0) is 20.0. The van der Waals surface area contributed by atoms with Crippen LogP contribution in [-0.4, -0.2) is 17.0 Å². The molecule has 0 radical (unpaired) electrons. The van der Waals surface area contributed by atoms with Gasteiger partial charge in [-0.2, -0.15) is 0 Å². The Morgan fingerprint density at radius 3 is 2.10 bits per heavy atom. The zero-order valence-electron chi connectivity index (χ0n) is 17.6. The van der Waals surface area contributed by atoms with Gasteiger partial charge in [0.15, 0.2) is 0 Å². The number of benzene rings is 2. The molecule has 1 unspecified atom stereocenters. The maximum absolute atomic E-state index is 12.8. The fourth-order valence-corrected chi connectivity index (χ4v) is 2.80. The van der Waals surface area contributed by atoms with E-state index in [9.17, 15) is 14.7 Å². The Bertz CT molecular complexity index is 965. The Balaban J connectivity index is 0.00000120. The number of Topliss-reactive ketones (excluding diaryl/α,β-unsaturated/α-hetero) is 1. The maximum Gasteiger partial charge on any atom is 1.00 e. The minimum absolute atomic E-state index is 0. The minimum Gasteiger partial charge on any atom is -0.872 e. The summed E-state index contributed by atoms with van der Waals surface area (Å²) in [4.78, 5) is 24.0. The molecule has 0 aliphatic rings. The van der Waals surface area contributed by atoms with E-state index in [0.717, 1.165) is 5.56 Å². The van der Waals surface area contributed by atoms with Crippen molar-refractivity contribution in [1.82, 2.24) is 0 Å². The molecule has 3 rings (SSSR count). The number of para-hydroxylation sites is 1. The van der Waals surface area contributed by atoms with Gasteiger partial charge in [0, 0.05) is 29.4 Å². The molecule has 1 aromatic heterocycles. The fourth-order valence-electron chi connectivity index (χ4n) is 2.80. The first kappa shape index (κ1) is 28.1. The summed E-state index contributed by atoms with van der Waals surface area (Å²) < 4.78 is 5.29. The summed E-state index contributed by atoms with van der Waals surface area (Å²) in [6.07, 6.45) is -0.0810. The molecule has 1 heterocycles. The van der Waals surface area contributed by atoms with Crippen molar-refractivity contribution in [3.05, 3.63) is 76.1 Å². The van der Waals surface area contributed by atoms with E-state index in [1.165, 1.54) is 6.92 Å². The average Bonchev–Trinajstić information content (AvgIpc) is 2.61. The van der Waals surface area contributed by atoms with Crippen molar-refractivity contribution < 1.29 is 78.5 Å². The predicted octanol–water partition coefficient (Wildman–Crippen LogP) is -2.63. The number of fused-ring (bicyclic) bond motifs is 1. The number of carbonyl (C=O) groups excluding carboxylic acids is 1. The topological polar surface area (TPSA) is 90.6 Å². The average molecular weight is 413 g/mol. The molecule has 0 amide bonds. The number of ketones is 1. The van der Waals surface area contributed by atoms with Crippen LogP contribution >= 0.6 is 0 Å². The Morgan fingerprint density at radius 2 is 1.55 bits per heavy atom. The van der Waals surface area contributed by atoms with Crippen molar-refractivity contribution in [2.45, 2.75) is 39.2 Å². The van der Waals surface area contributed by atoms with Crippen molar-refractivity contribution in [2.75, 3.05) is 0 Å². The molecule has 0 saturated carbocycles. The van der Waals surface area contributed by atoms with Crippen molar-refractivity contribution in [3.8, 4) is 5.75 Å². The van der Waals surface area contributed by atoms with Gasteiger partial charge in [-0.25, -0.2) is 4.79 Å². The third-order valence-corrected chi connectivity index (χ3v) is 3.84. The van der Waals surface area contributed by atoms with Gasteiger partial charge >= 0.3 is 64.7 Å². The second kappa shape index (κ2) is 13.4. The van der Waals surface area contributed by atoms with Gasteiger partial charge < -0.3 is 14.6 Å². The van der Waals surface area contributed by atoms with Crippen molar-refractivity contribution in [3.63, 3.8) is 0 Å². The smallest absolute Gasteiger partial charge is 0.872 e. The van der Waals surface area contributed by atoms with Gasteiger partial charge in [-0.15, -0.1) is 0 Å². The van der Waals surface area contributed by atoms with E-state index in [2.05, 4.69) is 0 Å². The molecule has 0 saturated heterocycles. The summed E-state index contributed by atoms with van der Waals surface area (Å²) in [6, 6.07) is 15.7. The fraction of sp³-hybridized carbons (Fsp3) is 0.273. The number of aliphatic hydroxyl groups excluding tert-OH is 1. The van der Waals surface area contributed by atoms with Crippen LogP contribution in [0.2, 0.25) is 0 Å². The van der Waals surface area contributed by atoms with Gasteiger partial charge in [-0.3, -0.25) is 4.79 Å². The van der Waals surface area contributed by atoms with Crippen molar-refractivity contribution in [2.24, 2.45) is 0 Å². The maximum atomic E-state index is 12.8. The number of hydrogen-bond donors (Lipinski definition) is 1. The standard InChI is InChI=1S/C19H16O4.C3H8O.2Na/c1-12(20)11-15(13-7-3-2-4-8-13)17-18(21)14-9-5-6-10-16(14)23-19(17)22;1-3(2)4;;/h2-10,15,21H,11H2,1H3;3-4H,1-2H3;;/q;;2*+1/p-1. The second-order valence-electron chi connectivity index (χ2n) is 6.59. The molecule has 0 fully saturated rings. The molecular formula is C22H23Na2O5+. The van der Waals surface area contributed by atoms with Gasteiger partial charge in [0.2, 0.25) is 0 Å². The molecule has 0 aliphatic heterocycles. The zero-order valence-corrected chi connectivity index (χ0v) is 21.6. The van der Waals surface area contributed by atoms with Crippen LogP contribution in [0.4, 0.5) is 0 Å². The Kier molecular flexibility index (Phi) is 13.0. The summed E-state index contributed by atoms with van der Waals surface area (Å²) in [5, 5.41) is 21.2. The molecule has 0 bridgehead atoms. The minimum atomic E-state index is -0.677. The summed E-state index contributed by atoms with van der Waals surface area (Å²) in [7, 11) is 0. The van der Waals surface area contributed by atoms with Crippen LogP contribution in [0.3, 0.4) is 0 Å². The number of hydrogen-bond acceptors (Lipinski definition) is 5. The SMILES string of the molecule is CC(=O)CC(c1ccccc1)c1c([O-])c2ccccc2oc1=O.CC(C)O.[Na+].[Na+]. The van der Waals surface area contributed by atoms with Crippen LogP contribution in [0.1, 0.15) is 44.2 Å². The molecule has 142 valence electrons. The monoisotopic (exact) mass is 413 g/mol. The molecular weight excluding hydrogens is 390 g/mol. The van der Waals surface area contributed by atoms with E-state index in [0.29, 0.717) is 5.39 Å². The molecule has 0 spiro atoms. The normalized spacial score (nSPS) is 10.9. The van der Waals surface area contributed by atoms with Gasteiger partial charge in [0.1, 0.15) is 11.4 Å². The number of carbonyl (C=O) groups is 1. The quantitative estimate of drug-likeness (QED) is 0.374. The van der Waals surface area contributed by atoms with E-state index < -0.39 is 11.5 Å². The Morgan fingerprint density at radius 1 is 1.03 bits per heavy atom. The van der Waals surface area contributed by atoms with Crippen LogP contribution in [-0.2, 0) is 4.79 Å². The van der Waals surface area contributed by atoms with E-state index in [1.807, 2.05) is 30.3 Å². The predicted molar refractivity (Wildman–Crippen MR) is 103 cm³/mol. The van der Waals surface area contributed by atoms with Crippen LogP contribution in [0.25, 0.3) is 11.0 Å². The summed E-state index contributed by atoms with van der Waals surface area (Å²) in [5.74, 6) is -1.06. The number of rotatable bonds is 4. The second-order valence-corrected chi connectivity index (χ2v) is 6.59. The molecule has 2 aromatic carbocycles. The molecule has 3 aromatic rings. The first-order chi connectivity index (χ1) is 12.8. The van der Waals surface area contributed by atoms with Crippen LogP contribution in [0, 0.1) is 0 Å². The molecule has 29 heavy (non-hydrogen) atoms. The summed E-state index contributed by atoms with van der Waals surface area (Å²) in [5.41, 5.74) is 0.358. The Labute approximate surface area is 214 Å². The van der Waals surface area contributed by atoms with E-state index in [-0.39, 0.29) is 94.3 Å². The third-order valence-electron chi connectivity index (χ3n) is 3.84. The molecule has 5 nitrogen and oxygen atoms in total. The third kappa shape index (κ3) is 8.02. The van der Waals surface area contributed by atoms with E-state index in [1.54, 1.807) is 38.1 Å². The van der Waals surface area contributed by atoms with Crippen LogP contribution in [0.5, 0.6) is 5.75 Å². The molecule has 7 heteroatoms. The van der Waals surface area contributed by atoms with Crippen LogP contribution < -0.4 is 69.8 Å². The van der Waals surface area contributed by atoms with Crippen LogP contribution in [0.15, 0.2) is 63.8 Å². The van der Waals surface area contributed by atoms with Crippen molar-refractivity contribution >= 4 is 16.8 Å². The summed E-state index contributed by atoms with van der Waals surface area (Å²) >= 11 is 0. The molecule has 1 atom stereocenters. The van der Waals surface area contributed by atoms with Crippen molar-refractivity contribution in [1.29, 1.82) is 0 Å². The van der Waals surface area contributed by atoms with Gasteiger partial charge in [0.05, 0.1) is 0 Å². The van der Waals surface area contributed by atoms with E-state index in [4.69, 9.17) is 9.52 Å². The first-order valence-electron chi connectivity index (χ1n) is 8.76. The van der Waals surface area contributed by atoms with Gasteiger partial charge in [0.25, 0.3) is 0 Å². The van der Waals surface area contributed by atoms with E-state index >= 15 is 0 Å². The Hall–Kier alpha value is -0.920. The summed E-state index contributed by atoms with van der Waals surface area (Å²) in [6.45, 7) is 4.89. The van der Waals surface area contributed by atoms with Gasteiger partial charge in [-0.1, -0.05) is 54.3 Å².